The molecule has 3 rings (SSSR count). The number of ether oxygens (including phenoxy) is 1. The molecule has 0 saturated heterocycles. The first kappa shape index (κ1) is 16.5. The Morgan fingerprint density at radius 2 is 2.21 bits per heavy atom. The predicted molar refractivity (Wildman–Crippen MR) is 88.5 cm³/mol. The van der Waals surface area contributed by atoms with Crippen LogP contribution in [0.25, 0.3) is 0 Å². The van der Waals surface area contributed by atoms with Crippen molar-refractivity contribution in [1.29, 1.82) is 0 Å². The third kappa shape index (κ3) is 3.60. The highest BCUT2D eigenvalue weighted by Crippen LogP contribution is 2.31. The van der Waals surface area contributed by atoms with E-state index in [0.29, 0.717) is 25.2 Å². The molecule has 0 saturated carbocycles. The summed E-state index contributed by atoms with van der Waals surface area (Å²) in [7, 11) is 1.62. The fraction of sp³-hybridized carbons (Fsp3) is 0.389. The van der Waals surface area contributed by atoms with Gasteiger partial charge < -0.3 is 24.9 Å². The summed E-state index contributed by atoms with van der Waals surface area (Å²) in [5.74, 6) is 0.676. The van der Waals surface area contributed by atoms with Crippen LogP contribution in [0, 0.1) is 0 Å². The molecule has 3 atom stereocenters. The van der Waals surface area contributed by atoms with E-state index in [4.69, 9.17) is 9.15 Å². The van der Waals surface area contributed by atoms with Crippen molar-refractivity contribution in [1.82, 2.24) is 10.6 Å². The fourth-order valence-corrected chi connectivity index (χ4v) is 3.10. The van der Waals surface area contributed by atoms with E-state index in [-0.39, 0.29) is 12.1 Å². The van der Waals surface area contributed by atoms with E-state index in [1.807, 2.05) is 30.3 Å². The topological polar surface area (TPSA) is 83.7 Å². The fourth-order valence-electron chi connectivity index (χ4n) is 3.10. The molecule has 6 nitrogen and oxygen atoms in total. The summed E-state index contributed by atoms with van der Waals surface area (Å²) in [6, 6.07) is 10.3. The maximum absolute atomic E-state index is 12.4. The summed E-state index contributed by atoms with van der Waals surface area (Å²) < 4.78 is 10.5. The number of hydrogen-bond donors (Lipinski definition) is 3. The quantitative estimate of drug-likeness (QED) is 0.759. The average Bonchev–Trinajstić information content (AvgIpc) is 3.20. The van der Waals surface area contributed by atoms with Crippen LogP contribution in [-0.2, 0) is 11.2 Å². The van der Waals surface area contributed by atoms with Crippen LogP contribution in [0.15, 0.2) is 47.1 Å². The smallest absolute Gasteiger partial charge is 0.315 e. The second-order valence-corrected chi connectivity index (χ2v) is 5.92. The number of carbonyl (C=O) groups excluding carboxylic acids is 1. The van der Waals surface area contributed by atoms with E-state index < -0.39 is 12.1 Å². The van der Waals surface area contributed by atoms with Crippen molar-refractivity contribution in [3.05, 3.63) is 59.5 Å². The molecule has 1 aromatic carbocycles. The van der Waals surface area contributed by atoms with Crippen molar-refractivity contribution in [3.8, 4) is 0 Å². The number of hydrogen-bond acceptors (Lipinski definition) is 4. The molecule has 128 valence electrons. The molecular formula is C18H22N2O4. The Labute approximate surface area is 140 Å². The number of aliphatic hydroxyl groups is 1. The largest absolute Gasteiger partial charge is 0.467 e. The zero-order chi connectivity index (χ0) is 16.9. The first-order valence-electron chi connectivity index (χ1n) is 8.04. The molecule has 0 radical (unpaired) electrons. The number of furan rings is 1. The van der Waals surface area contributed by atoms with Gasteiger partial charge in [-0.1, -0.05) is 24.3 Å². The van der Waals surface area contributed by atoms with Gasteiger partial charge in [0, 0.05) is 20.1 Å². The van der Waals surface area contributed by atoms with Crippen LogP contribution in [0.5, 0.6) is 0 Å². The van der Waals surface area contributed by atoms with Crippen LogP contribution in [0.1, 0.15) is 35.4 Å². The lowest BCUT2D eigenvalue weighted by Crippen LogP contribution is -2.42. The lowest BCUT2D eigenvalue weighted by molar-refractivity contribution is 0.140. The van der Waals surface area contributed by atoms with Gasteiger partial charge in [-0.15, -0.1) is 0 Å². The Morgan fingerprint density at radius 1 is 1.38 bits per heavy atom. The minimum atomic E-state index is -0.616. The van der Waals surface area contributed by atoms with E-state index in [9.17, 15) is 9.90 Å². The highest BCUT2D eigenvalue weighted by molar-refractivity contribution is 5.75. The van der Waals surface area contributed by atoms with Crippen molar-refractivity contribution < 1.29 is 19.1 Å². The molecule has 0 spiro atoms. The van der Waals surface area contributed by atoms with Gasteiger partial charge in [-0.2, -0.15) is 0 Å². The number of rotatable bonds is 6. The van der Waals surface area contributed by atoms with Gasteiger partial charge in [0.25, 0.3) is 0 Å². The molecule has 0 bridgehead atoms. The van der Waals surface area contributed by atoms with Crippen LogP contribution < -0.4 is 10.6 Å². The molecule has 2 aromatic rings. The van der Waals surface area contributed by atoms with Crippen molar-refractivity contribution >= 4 is 6.03 Å². The SMILES string of the molecule is COCC[C@@H](NC(=O)N[C@@H]1c2ccccc2C[C@@H]1O)c1ccco1. The first-order chi connectivity index (χ1) is 11.7. The molecule has 6 heteroatoms. The van der Waals surface area contributed by atoms with Crippen molar-refractivity contribution in [2.24, 2.45) is 0 Å². The van der Waals surface area contributed by atoms with Crippen molar-refractivity contribution in [3.63, 3.8) is 0 Å². The number of amides is 2. The maximum Gasteiger partial charge on any atom is 0.315 e. The van der Waals surface area contributed by atoms with Crippen LogP contribution in [0.2, 0.25) is 0 Å². The minimum Gasteiger partial charge on any atom is -0.467 e. The predicted octanol–water partition coefficient (Wildman–Crippen LogP) is 2.31. The Hall–Kier alpha value is -2.31. The van der Waals surface area contributed by atoms with Gasteiger partial charge >= 0.3 is 6.03 Å². The normalized spacial score (nSPS) is 20.4. The van der Waals surface area contributed by atoms with Crippen molar-refractivity contribution in [2.75, 3.05) is 13.7 Å². The van der Waals surface area contributed by atoms with Crippen LogP contribution in [0.3, 0.4) is 0 Å². The minimum absolute atomic E-state index is 0.284. The number of benzene rings is 1. The van der Waals surface area contributed by atoms with Crippen LogP contribution >= 0.6 is 0 Å². The first-order valence-corrected chi connectivity index (χ1v) is 8.04. The molecule has 0 unspecified atom stereocenters. The van der Waals surface area contributed by atoms with Gasteiger partial charge in [-0.3, -0.25) is 0 Å². The van der Waals surface area contributed by atoms with Gasteiger partial charge in [0.15, 0.2) is 0 Å². The summed E-state index contributed by atoms with van der Waals surface area (Å²) in [4.78, 5) is 12.4. The van der Waals surface area contributed by atoms with Crippen molar-refractivity contribution in [2.45, 2.75) is 31.0 Å². The molecule has 3 N–H and O–H groups in total. The monoisotopic (exact) mass is 330 g/mol. The molecule has 1 heterocycles. The maximum atomic E-state index is 12.4. The molecule has 1 aliphatic rings. The molecule has 2 amide bonds. The lowest BCUT2D eigenvalue weighted by Gasteiger charge is -2.21. The lowest BCUT2D eigenvalue weighted by atomic mass is 10.1. The Morgan fingerprint density at radius 3 is 2.96 bits per heavy atom. The molecule has 0 fully saturated rings. The Bertz CT molecular complexity index is 671. The summed E-state index contributed by atoms with van der Waals surface area (Å²) in [6.07, 6.45) is 2.11. The zero-order valence-electron chi connectivity index (χ0n) is 13.6. The number of fused-ring (bicyclic) bond motifs is 1. The van der Waals surface area contributed by atoms with E-state index in [1.54, 1.807) is 19.4 Å². The summed E-state index contributed by atoms with van der Waals surface area (Å²) >= 11 is 0. The number of nitrogens with one attached hydrogen (secondary N) is 2. The average molecular weight is 330 g/mol. The van der Waals surface area contributed by atoms with Gasteiger partial charge in [-0.25, -0.2) is 4.79 Å². The molecule has 24 heavy (non-hydrogen) atoms. The number of methoxy groups -OCH3 is 1. The summed E-state index contributed by atoms with van der Waals surface area (Å²) in [6.45, 7) is 0.501. The zero-order valence-corrected chi connectivity index (χ0v) is 13.6. The molecule has 1 aliphatic carbocycles. The highest BCUT2D eigenvalue weighted by atomic mass is 16.5. The summed E-state index contributed by atoms with van der Waals surface area (Å²) in [5, 5.41) is 16.0. The number of urea groups is 1. The van der Waals surface area contributed by atoms with Crippen LogP contribution in [-0.4, -0.2) is 31.0 Å². The third-order valence-corrected chi connectivity index (χ3v) is 4.29. The molecule has 0 aliphatic heterocycles. The van der Waals surface area contributed by atoms with Gasteiger partial charge in [0.1, 0.15) is 5.76 Å². The van der Waals surface area contributed by atoms with Gasteiger partial charge in [0.2, 0.25) is 0 Å². The molecular weight excluding hydrogens is 308 g/mol. The number of carbonyl (C=O) groups is 1. The van der Waals surface area contributed by atoms with Gasteiger partial charge in [-0.05, 0) is 29.7 Å². The third-order valence-electron chi connectivity index (χ3n) is 4.29. The van der Waals surface area contributed by atoms with E-state index >= 15 is 0 Å². The Balaban J connectivity index is 1.66. The van der Waals surface area contributed by atoms with E-state index in [1.165, 1.54) is 0 Å². The van der Waals surface area contributed by atoms with Crippen LogP contribution in [0.4, 0.5) is 4.79 Å². The molecule has 1 aromatic heterocycles. The second kappa shape index (κ2) is 7.51. The summed E-state index contributed by atoms with van der Waals surface area (Å²) in [5.41, 5.74) is 2.03. The van der Waals surface area contributed by atoms with E-state index in [2.05, 4.69) is 10.6 Å². The standard InChI is InChI=1S/C18H22N2O4/c1-23-10-8-14(16-7-4-9-24-16)19-18(22)20-17-13-6-3-2-5-12(13)11-15(17)21/h2-7,9,14-15,17,21H,8,10-11H2,1H3,(H2,19,20,22)/t14-,15+,17-/m1/s1. The van der Waals surface area contributed by atoms with Gasteiger partial charge in [0.05, 0.1) is 24.5 Å². The van der Waals surface area contributed by atoms with E-state index in [0.717, 1.165) is 11.1 Å². The second-order valence-electron chi connectivity index (χ2n) is 5.92. The Kier molecular flexibility index (Phi) is 5.17. The number of aliphatic hydroxyl groups excluding tert-OH is 1. The highest BCUT2D eigenvalue weighted by Gasteiger charge is 2.32.